The van der Waals surface area contributed by atoms with Crippen LogP contribution in [0.4, 0.5) is 4.39 Å². The van der Waals surface area contributed by atoms with Gasteiger partial charge in [-0.1, -0.05) is 18.2 Å². The third-order valence-corrected chi connectivity index (χ3v) is 4.58. The van der Waals surface area contributed by atoms with Gasteiger partial charge < -0.3 is 0 Å². The zero-order valence-electron chi connectivity index (χ0n) is 11.6. The number of para-hydroxylation sites is 1. The predicted octanol–water partition coefficient (Wildman–Crippen LogP) is 3.49. The highest BCUT2D eigenvalue weighted by Gasteiger charge is 2.16. The second-order valence-electron chi connectivity index (χ2n) is 5.00. The number of nitrogens with zero attached hydrogens (tertiary/aromatic N) is 1. The number of nitrogens with one attached hydrogen (secondary N) is 1. The van der Waals surface area contributed by atoms with Gasteiger partial charge in [0.05, 0.1) is 21.3 Å². The second-order valence-corrected chi connectivity index (χ2v) is 6.11. The van der Waals surface area contributed by atoms with Gasteiger partial charge in [0.25, 0.3) is 0 Å². The van der Waals surface area contributed by atoms with E-state index in [-0.39, 0.29) is 11.9 Å². The third-order valence-electron chi connectivity index (χ3n) is 3.53. The molecule has 2 aromatic carbocycles. The highest BCUT2D eigenvalue weighted by molar-refractivity contribution is 7.18. The van der Waals surface area contributed by atoms with Crippen molar-refractivity contribution in [3.63, 3.8) is 0 Å². The van der Waals surface area contributed by atoms with E-state index in [4.69, 9.17) is 5.84 Å². The Morgan fingerprint density at radius 1 is 1.29 bits per heavy atom. The van der Waals surface area contributed by atoms with Crippen LogP contribution in [0.2, 0.25) is 0 Å². The molecule has 0 bridgehead atoms. The van der Waals surface area contributed by atoms with Crippen molar-refractivity contribution in [3.8, 4) is 0 Å². The molecule has 21 heavy (non-hydrogen) atoms. The molecule has 5 heteroatoms. The minimum absolute atomic E-state index is 0.0776. The fourth-order valence-electron chi connectivity index (χ4n) is 2.47. The van der Waals surface area contributed by atoms with Gasteiger partial charge in [-0.05, 0) is 42.3 Å². The van der Waals surface area contributed by atoms with E-state index >= 15 is 0 Å². The fourth-order valence-corrected chi connectivity index (χ4v) is 3.48. The molecule has 108 valence electrons. The van der Waals surface area contributed by atoms with Gasteiger partial charge in [-0.2, -0.15) is 0 Å². The van der Waals surface area contributed by atoms with E-state index in [2.05, 4.69) is 16.5 Å². The van der Waals surface area contributed by atoms with Crippen molar-refractivity contribution in [3.05, 3.63) is 64.4 Å². The van der Waals surface area contributed by atoms with Crippen molar-refractivity contribution in [2.75, 3.05) is 0 Å². The monoisotopic (exact) mass is 301 g/mol. The molecule has 1 heterocycles. The van der Waals surface area contributed by atoms with Crippen LogP contribution in [-0.2, 0) is 6.42 Å². The molecule has 1 unspecified atom stereocenters. The smallest absolute Gasteiger partial charge is 0.123 e. The molecule has 3 rings (SSSR count). The number of thiazole rings is 1. The van der Waals surface area contributed by atoms with Crippen LogP contribution < -0.4 is 11.3 Å². The molecule has 1 atom stereocenters. The SMILES string of the molecule is Cc1cc(F)ccc1C(Cc1nc2ccccc2s1)NN. The number of fused-ring (bicyclic) bond motifs is 1. The summed E-state index contributed by atoms with van der Waals surface area (Å²) in [6.07, 6.45) is 0.683. The summed E-state index contributed by atoms with van der Waals surface area (Å²) in [7, 11) is 0. The van der Waals surface area contributed by atoms with Crippen molar-refractivity contribution < 1.29 is 4.39 Å². The minimum Gasteiger partial charge on any atom is -0.271 e. The number of hydrazine groups is 1. The van der Waals surface area contributed by atoms with Gasteiger partial charge in [-0.3, -0.25) is 11.3 Å². The lowest BCUT2D eigenvalue weighted by molar-refractivity contribution is 0.545. The van der Waals surface area contributed by atoms with Crippen LogP contribution in [0, 0.1) is 12.7 Å². The van der Waals surface area contributed by atoms with E-state index in [1.54, 1.807) is 17.4 Å². The number of hydrogen-bond acceptors (Lipinski definition) is 4. The number of rotatable bonds is 4. The van der Waals surface area contributed by atoms with Gasteiger partial charge in [0.2, 0.25) is 0 Å². The summed E-state index contributed by atoms with van der Waals surface area (Å²) in [5.74, 6) is 5.46. The van der Waals surface area contributed by atoms with E-state index < -0.39 is 0 Å². The quantitative estimate of drug-likeness (QED) is 0.573. The number of benzene rings is 2. The Morgan fingerprint density at radius 2 is 2.10 bits per heavy atom. The Hall–Kier alpha value is -1.82. The minimum atomic E-state index is -0.230. The van der Waals surface area contributed by atoms with Crippen LogP contribution in [0.5, 0.6) is 0 Å². The molecular formula is C16H16FN3S. The van der Waals surface area contributed by atoms with E-state index in [0.717, 1.165) is 21.7 Å². The summed E-state index contributed by atoms with van der Waals surface area (Å²) in [5, 5.41) is 1.02. The van der Waals surface area contributed by atoms with Crippen molar-refractivity contribution in [2.24, 2.45) is 5.84 Å². The predicted molar refractivity (Wildman–Crippen MR) is 84.5 cm³/mol. The molecule has 0 aliphatic rings. The summed E-state index contributed by atoms with van der Waals surface area (Å²) < 4.78 is 14.4. The zero-order valence-corrected chi connectivity index (χ0v) is 12.5. The lowest BCUT2D eigenvalue weighted by Gasteiger charge is -2.17. The number of hydrogen-bond donors (Lipinski definition) is 2. The zero-order chi connectivity index (χ0) is 14.8. The van der Waals surface area contributed by atoms with E-state index in [1.165, 1.54) is 16.8 Å². The van der Waals surface area contributed by atoms with Crippen LogP contribution in [0.25, 0.3) is 10.2 Å². The molecule has 3 aromatic rings. The van der Waals surface area contributed by atoms with Crippen molar-refractivity contribution in [2.45, 2.75) is 19.4 Å². The maximum Gasteiger partial charge on any atom is 0.123 e. The third kappa shape index (κ3) is 2.95. The van der Waals surface area contributed by atoms with E-state index in [0.29, 0.717) is 6.42 Å². The molecule has 0 spiro atoms. The molecule has 3 nitrogen and oxygen atoms in total. The Labute approximate surface area is 126 Å². The van der Waals surface area contributed by atoms with Crippen molar-refractivity contribution in [1.29, 1.82) is 0 Å². The first-order valence-electron chi connectivity index (χ1n) is 6.74. The summed E-state index contributed by atoms with van der Waals surface area (Å²) in [6.45, 7) is 1.89. The Kier molecular flexibility index (Phi) is 3.96. The largest absolute Gasteiger partial charge is 0.271 e. The molecule has 0 fully saturated rings. The number of nitrogens with two attached hydrogens (primary N) is 1. The maximum atomic E-state index is 13.2. The number of halogens is 1. The van der Waals surface area contributed by atoms with Crippen molar-refractivity contribution >= 4 is 21.6 Å². The molecule has 3 N–H and O–H groups in total. The molecule has 0 aliphatic carbocycles. The highest BCUT2D eigenvalue weighted by atomic mass is 32.1. The molecule has 0 amide bonds. The average molecular weight is 301 g/mol. The van der Waals surface area contributed by atoms with Gasteiger partial charge in [-0.15, -0.1) is 11.3 Å². The van der Waals surface area contributed by atoms with Crippen molar-refractivity contribution in [1.82, 2.24) is 10.4 Å². The lowest BCUT2D eigenvalue weighted by Crippen LogP contribution is -2.30. The van der Waals surface area contributed by atoms with Crippen LogP contribution in [0.1, 0.15) is 22.2 Å². The Bertz CT molecular complexity index is 736. The van der Waals surface area contributed by atoms with Gasteiger partial charge in [0.15, 0.2) is 0 Å². The normalized spacial score (nSPS) is 12.7. The molecule has 0 saturated heterocycles. The average Bonchev–Trinajstić information content (AvgIpc) is 2.87. The van der Waals surface area contributed by atoms with E-state index in [9.17, 15) is 4.39 Å². The van der Waals surface area contributed by atoms with Gasteiger partial charge >= 0.3 is 0 Å². The fraction of sp³-hybridized carbons (Fsp3) is 0.188. The molecule has 1 aromatic heterocycles. The Morgan fingerprint density at radius 3 is 2.81 bits per heavy atom. The van der Waals surface area contributed by atoms with Gasteiger partial charge in [-0.25, -0.2) is 9.37 Å². The molecule has 0 radical (unpaired) electrons. The van der Waals surface area contributed by atoms with Gasteiger partial charge in [0, 0.05) is 6.42 Å². The topological polar surface area (TPSA) is 50.9 Å². The van der Waals surface area contributed by atoms with Crippen LogP contribution >= 0.6 is 11.3 Å². The standard InChI is InChI=1S/C16H16FN3S/c1-10-8-11(17)6-7-12(10)14(20-18)9-16-19-13-4-2-3-5-15(13)21-16/h2-8,14,20H,9,18H2,1H3. The first-order valence-corrected chi connectivity index (χ1v) is 7.55. The lowest BCUT2D eigenvalue weighted by atomic mass is 9.99. The van der Waals surface area contributed by atoms with Crippen LogP contribution in [-0.4, -0.2) is 4.98 Å². The summed E-state index contributed by atoms with van der Waals surface area (Å²) in [4.78, 5) is 4.62. The number of aromatic nitrogens is 1. The summed E-state index contributed by atoms with van der Waals surface area (Å²) in [6, 6.07) is 12.7. The highest BCUT2D eigenvalue weighted by Crippen LogP contribution is 2.27. The first kappa shape index (κ1) is 14.1. The van der Waals surface area contributed by atoms with Crippen LogP contribution in [0.3, 0.4) is 0 Å². The Balaban J connectivity index is 1.90. The summed E-state index contributed by atoms with van der Waals surface area (Å²) >= 11 is 1.66. The van der Waals surface area contributed by atoms with E-state index in [1.807, 2.05) is 25.1 Å². The summed E-state index contributed by atoms with van der Waals surface area (Å²) in [5.41, 5.74) is 5.71. The van der Waals surface area contributed by atoms with Crippen LogP contribution in [0.15, 0.2) is 42.5 Å². The molecule has 0 aliphatic heterocycles. The molecular weight excluding hydrogens is 285 g/mol. The van der Waals surface area contributed by atoms with Gasteiger partial charge in [0.1, 0.15) is 5.82 Å². The maximum absolute atomic E-state index is 13.2. The first-order chi connectivity index (χ1) is 10.2. The second kappa shape index (κ2) is 5.89. The molecule has 0 saturated carbocycles. The number of aryl methyl sites for hydroxylation is 1.